The second kappa shape index (κ2) is 8.15. The molecule has 5 nitrogen and oxygen atoms in total. The highest BCUT2D eigenvalue weighted by atomic mass is 35.5. The molecule has 1 amide bonds. The Morgan fingerprint density at radius 3 is 2.50 bits per heavy atom. The number of para-hydroxylation sites is 1. The number of nitrogens with one attached hydrogen (secondary N) is 1. The van der Waals surface area contributed by atoms with Gasteiger partial charge in [-0.3, -0.25) is 4.79 Å². The summed E-state index contributed by atoms with van der Waals surface area (Å²) in [5, 5.41) is 1.06. The Morgan fingerprint density at radius 1 is 1.17 bits per heavy atom. The van der Waals surface area contributed by atoms with Crippen molar-refractivity contribution in [3.63, 3.8) is 0 Å². The summed E-state index contributed by atoms with van der Waals surface area (Å²) >= 11 is 5.97. The first-order chi connectivity index (χ1) is 14.5. The number of H-pyrrole nitrogens is 1. The Balaban J connectivity index is 1.94. The van der Waals surface area contributed by atoms with E-state index in [2.05, 4.69) is 31.0 Å². The first-order valence-corrected chi connectivity index (χ1v) is 10.6. The van der Waals surface area contributed by atoms with E-state index in [-0.39, 0.29) is 11.8 Å². The molecule has 1 aromatic heterocycles. The monoisotopic (exact) mass is 424 g/mol. The predicted octanol–water partition coefficient (Wildman–Crippen LogP) is 4.55. The maximum Gasteiger partial charge on any atom is 0.328 e. The van der Waals surface area contributed by atoms with E-state index in [1.807, 2.05) is 36.4 Å². The molecule has 6 heteroatoms. The van der Waals surface area contributed by atoms with Gasteiger partial charge in [-0.2, -0.15) is 0 Å². The van der Waals surface area contributed by atoms with Crippen molar-refractivity contribution in [1.82, 2.24) is 9.88 Å². The van der Waals surface area contributed by atoms with Gasteiger partial charge in [-0.05, 0) is 28.7 Å². The fourth-order valence-electron chi connectivity index (χ4n) is 4.40. The first kappa shape index (κ1) is 20.5. The highest BCUT2D eigenvalue weighted by Crippen LogP contribution is 2.41. The lowest BCUT2D eigenvalue weighted by atomic mass is 9.87. The Hall–Kier alpha value is -2.79. The van der Waals surface area contributed by atoms with Crippen LogP contribution in [0.1, 0.15) is 48.2 Å². The number of carbonyl (C=O) groups is 2. The molecule has 1 aliphatic rings. The van der Waals surface area contributed by atoms with Gasteiger partial charge < -0.3 is 14.6 Å². The molecule has 0 bridgehead atoms. The third-order valence-electron chi connectivity index (χ3n) is 5.93. The number of fused-ring (bicyclic) bond motifs is 3. The molecule has 1 aliphatic heterocycles. The Labute approximate surface area is 181 Å². The highest BCUT2D eigenvalue weighted by molar-refractivity contribution is 6.27. The molecule has 0 saturated carbocycles. The molecular weight excluding hydrogens is 400 g/mol. The van der Waals surface area contributed by atoms with Crippen LogP contribution in [0.25, 0.3) is 10.9 Å². The van der Waals surface area contributed by atoms with E-state index in [9.17, 15) is 9.59 Å². The second-order valence-corrected chi connectivity index (χ2v) is 8.23. The third kappa shape index (κ3) is 3.37. The molecule has 2 atom stereocenters. The molecule has 156 valence electrons. The van der Waals surface area contributed by atoms with Gasteiger partial charge in [0.1, 0.15) is 11.9 Å². The van der Waals surface area contributed by atoms with E-state index in [4.69, 9.17) is 16.3 Å². The Morgan fingerprint density at radius 2 is 1.87 bits per heavy atom. The molecule has 0 unspecified atom stereocenters. The zero-order valence-electron chi connectivity index (χ0n) is 17.3. The van der Waals surface area contributed by atoms with Crippen molar-refractivity contribution in [3.8, 4) is 0 Å². The zero-order valence-corrected chi connectivity index (χ0v) is 18.1. The summed E-state index contributed by atoms with van der Waals surface area (Å²) in [5.41, 5.74) is 5.09. The number of hydrogen-bond acceptors (Lipinski definition) is 3. The van der Waals surface area contributed by atoms with Gasteiger partial charge in [0.2, 0.25) is 5.91 Å². The van der Waals surface area contributed by atoms with Gasteiger partial charge in [-0.1, -0.05) is 56.3 Å². The minimum Gasteiger partial charge on any atom is -0.467 e. The van der Waals surface area contributed by atoms with Gasteiger partial charge in [0, 0.05) is 23.0 Å². The van der Waals surface area contributed by atoms with Crippen LogP contribution in [-0.2, 0) is 20.7 Å². The number of halogens is 1. The lowest BCUT2D eigenvalue weighted by Crippen LogP contribution is -2.52. The van der Waals surface area contributed by atoms with Crippen LogP contribution in [0.15, 0.2) is 48.5 Å². The number of amides is 1. The average molecular weight is 425 g/mol. The fourth-order valence-corrected chi connectivity index (χ4v) is 4.53. The summed E-state index contributed by atoms with van der Waals surface area (Å²) in [6, 6.07) is 15.0. The molecule has 0 spiro atoms. The summed E-state index contributed by atoms with van der Waals surface area (Å²) < 4.78 is 5.07. The molecule has 2 aromatic carbocycles. The topological polar surface area (TPSA) is 62.4 Å². The van der Waals surface area contributed by atoms with Crippen LogP contribution in [-0.4, -0.2) is 40.8 Å². The molecule has 0 saturated heterocycles. The fraction of sp³-hybridized carbons (Fsp3) is 0.333. The van der Waals surface area contributed by atoms with Crippen molar-refractivity contribution in [2.24, 2.45) is 0 Å². The van der Waals surface area contributed by atoms with Crippen molar-refractivity contribution in [3.05, 3.63) is 70.9 Å². The smallest absolute Gasteiger partial charge is 0.328 e. The van der Waals surface area contributed by atoms with Crippen LogP contribution >= 0.6 is 11.6 Å². The predicted molar refractivity (Wildman–Crippen MR) is 118 cm³/mol. The number of benzene rings is 2. The molecular formula is C24H25ClN2O3. The molecule has 0 aliphatic carbocycles. The number of alkyl halides is 1. The van der Waals surface area contributed by atoms with Crippen LogP contribution in [0.2, 0.25) is 0 Å². The van der Waals surface area contributed by atoms with Gasteiger partial charge in [0.15, 0.2) is 0 Å². The maximum atomic E-state index is 13.0. The number of aromatic amines is 1. The molecule has 2 heterocycles. The van der Waals surface area contributed by atoms with Crippen LogP contribution in [0.5, 0.6) is 0 Å². The van der Waals surface area contributed by atoms with Crippen LogP contribution in [0.3, 0.4) is 0 Å². The van der Waals surface area contributed by atoms with Crippen molar-refractivity contribution in [2.75, 3.05) is 13.0 Å². The quantitative estimate of drug-likeness (QED) is 0.493. The Kier molecular flexibility index (Phi) is 5.56. The summed E-state index contributed by atoms with van der Waals surface area (Å²) in [6.07, 6.45) is 0.384. The van der Waals surface area contributed by atoms with E-state index in [1.165, 1.54) is 12.7 Å². The average Bonchev–Trinajstić information content (AvgIpc) is 3.15. The molecule has 0 radical (unpaired) electrons. The van der Waals surface area contributed by atoms with Gasteiger partial charge in [-0.15, -0.1) is 11.6 Å². The van der Waals surface area contributed by atoms with E-state index in [0.717, 1.165) is 27.7 Å². The van der Waals surface area contributed by atoms with Crippen molar-refractivity contribution < 1.29 is 14.3 Å². The second-order valence-electron chi connectivity index (χ2n) is 7.96. The summed E-state index contributed by atoms with van der Waals surface area (Å²) in [7, 11) is 1.35. The third-order valence-corrected chi connectivity index (χ3v) is 6.15. The largest absolute Gasteiger partial charge is 0.467 e. The number of nitrogens with zero attached hydrogens (tertiary/aromatic N) is 1. The number of carbonyl (C=O) groups excluding carboxylic acids is 2. The van der Waals surface area contributed by atoms with Gasteiger partial charge in [0.05, 0.1) is 13.2 Å². The highest BCUT2D eigenvalue weighted by Gasteiger charge is 2.43. The molecule has 3 aromatic rings. The summed E-state index contributed by atoms with van der Waals surface area (Å²) in [5.74, 6) is -0.538. The van der Waals surface area contributed by atoms with Crippen molar-refractivity contribution >= 4 is 34.4 Å². The van der Waals surface area contributed by atoms with Crippen LogP contribution in [0.4, 0.5) is 0 Å². The maximum absolute atomic E-state index is 13.0. The standard InChI is InChI=1S/C24H25ClN2O3/c1-14(2)15-8-10-16(11-9-15)23-22-18(17-6-4-5-7-19(17)26-22)12-20(24(29)30-3)27(23)21(28)13-25/h4-11,14,20,23,26H,12-13H2,1-3H3/t20-,23-/m0/s1. The molecule has 0 fully saturated rings. The SMILES string of the molecule is COC(=O)[C@@H]1Cc2c([nH]c3ccccc23)[C@H](c2ccc(C(C)C)cc2)N1C(=O)CCl. The number of rotatable bonds is 4. The van der Waals surface area contributed by atoms with E-state index >= 15 is 0 Å². The summed E-state index contributed by atoms with van der Waals surface area (Å²) in [6.45, 7) is 4.28. The van der Waals surface area contributed by atoms with Gasteiger partial charge in [0.25, 0.3) is 0 Å². The summed E-state index contributed by atoms with van der Waals surface area (Å²) in [4.78, 5) is 30.8. The minimum atomic E-state index is -0.734. The minimum absolute atomic E-state index is 0.205. The van der Waals surface area contributed by atoms with Crippen LogP contribution in [0, 0.1) is 0 Å². The normalized spacial score (nSPS) is 18.5. The number of aromatic nitrogens is 1. The molecule has 30 heavy (non-hydrogen) atoms. The van der Waals surface area contributed by atoms with E-state index < -0.39 is 18.1 Å². The van der Waals surface area contributed by atoms with E-state index in [1.54, 1.807) is 4.90 Å². The van der Waals surface area contributed by atoms with E-state index in [0.29, 0.717) is 12.3 Å². The van der Waals surface area contributed by atoms with Crippen LogP contribution < -0.4 is 0 Å². The van der Waals surface area contributed by atoms with Crippen molar-refractivity contribution in [2.45, 2.75) is 38.3 Å². The number of esters is 1. The van der Waals surface area contributed by atoms with Gasteiger partial charge in [-0.25, -0.2) is 4.79 Å². The lowest BCUT2D eigenvalue weighted by molar-refractivity contribution is -0.154. The number of ether oxygens (including phenoxy) is 1. The Bertz CT molecular complexity index is 1090. The lowest BCUT2D eigenvalue weighted by Gasteiger charge is -2.40. The molecule has 4 rings (SSSR count). The van der Waals surface area contributed by atoms with Gasteiger partial charge >= 0.3 is 5.97 Å². The molecule has 1 N–H and O–H groups in total. The zero-order chi connectivity index (χ0) is 21.4. The number of hydrogen-bond donors (Lipinski definition) is 1. The number of methoxy groups -OCH3 is 1. The first-order valence-electron chi connectivity index (χ1n) is 10.1. The van der Waals surface area contributed by atoms with Crippen molar-refractivity contribution in [1.29, 1.82) is 0 Å².